The van der Waals surface area contributed by atoms with Crippen LogP contribution in [-0.2, 0) is 4.79 Å². The summed E-state index contributed by atoms with van der Waals surface area (Å²) in [6, 6.07) is 1.98. The van der Waals surface area contributed by atoms with Gasteiger partial charge in [0.25, 0.3) is 0 Å². The molecule has 3 N–H and O–H groups in total. The molecule has 0 aliphatic heterocycles. The number of rotatable bonds is 7. The number of phenolic OH excluding ortho intramolecular Hbond substituents is 1. The van der Waals surface area contributed by atoms with Crippen LogP contribution in [0.25, 0.3) is 10.4 Å². The number of hydrogen-bond donors (Lipinski definition) is 3. The summed E-state index contributed by atoms with van der Waals surface area (Å²) >= 11 is 0. The van der Waals surface area contributed by atoms with Gasteiger partial charge in [-0.2, -0.15) is 0 Å². The second-order valence-corrected chi connectivity index (χ2v) is 3.78. The quantitative estimate of drug-likeness (QED) is 0.303. The Kier molecular flexibility index (Phi) is 5.59. The predicted octanol–water partition coefficient (Wildman–Crippen LogP) is 1.95. The van der Waals surface area contributed by atoms with E-state index in [4.69, 9.17) is 10.6 Å². The summed E-state index contributed by atoms with van der Waals surface area (Å²) in [6.07, 6.45) is 0.454. The fraction of sp³-hybridized carbons (Fsp3) is 0.364. The van der Waals surface area contributed by atoms with Gasteiger partial charge in [0, 0.05) is 17.5 Å². The first-order valence-corrected chi connectivity index (χ1v) is 5.51. The van der Waals surface area contributed by atoms with Gasteiger partial charge in [-0.15, -0.1) is 0 Å². The lowest BCUT2D eigenvalue weighted by Crippen LogP contribution is -2.29. The van der Waals surface area contributed by atoms with Crippen molar-refractivity contribution in [2.75, 3.05) is 13.1 Å². The molecule has 1 rings (SSSR count). The van der Waals surface area contributed by atoms with Crippen molar-refractivity contribution in [3.05, 3.63) is 40.0 Å². The molecule has 0 spiro atoms. The number of aromatic hydroxyl groups is 1. The number of carboxylic acids is 1. The fourth-order valence-corrected chi connectivity index (χ4v) is 1.55. The van der Waals surface area contributed by atoms with E-state index in [1.807, 2.05) is 0 Å². The molecule has 0 fully saturated rings. The highest BCUT2D eigenvalue weighted by Crippen LogP contribution is 2.20. The van der Waals surface area contributed by atoms with E-state index in [0.717, 1.165) is 12.1 Å². The molecule has 0 saturated carbocycles. The molecule has 0 heterocycles. The minimum Gasteiger partial charge on any atom is -0.508 e. The first-order valence-electron chi connectivity index (χ1n) is 5.51. The van der Waals surface area contributed by atoms with Crippen molar-refractivity contribution < 1.29 is 19.4 Å². The standard InChI is InChI=1S/C11H13FN4O3/c12-8-4-7(5-9(17)6-8)10(11(18)19)14-2-1-3-15-16-13/h4-6,10,14,17H,1-3H2,(H,18,19). The predicted molar refractivity (Wildman–Crippen MR) is 65.1 cm³/mol. The van der Waals surface area contributed by atoms with E-state index in [1.165, 1.54) is 6.07 Å². The molecule has 0 radical (unpaired) electrons. The summed E-state index contributed by atoms with van der Waals surface area (Å²) in [5, 5.41) is 24.3. The van der Waals surface area contributed by atoms with Gasteiger partial charge in [0.15, 0.2) is 0 Å². The van der Waals surface area contributed by atoms with Gasteiger partial charge in [-0.25, -0.2) is 4.39 Å². The number of carboxylic acid groups (broad SMARTS) is 1. The summed E-state index contributed by atoms with van der Waals surface area (Å²) in [7, 11) is 0. The first kappa shape index (κ1) is 14.7. The molecule has 19 heavy (non-hydrogen) atoms. The highest BCUT2D eigenvalue weighted by Gasteiger charge is 2.20. The van der Waals surface area contributed by atoms with Crippen LogP contribution < -0.4 is 5.32 Å². The molecule has 0 bridgehead atoms. The molecule has 8 heteroatoms. The van der Waals surface area contributed by atoms with Crippen molar-refractivity contribution >= 4 is 5.97 Å². The van der Waals surface area contributed by atoms with Gasteiger partial charge in [-0.3, -0.25) is 4.79 Å². The van der Waals surface area contributed by atoms with Gasteiger partial charge in [-0.05, 0) is 36.2 Å². The maximum absolute atomic E-state index is 13.1. The lowest BCUT2D eigenvalue weighted by Gasteiger charge is -2.14. The Bertz CT molecular complexity index is 482. The molecular formula is C11H13FN4O3. The SMILES string of the molecule is [N-]=[N+]=NCCCNC(C(=O)O)c1cc(O)cc(F)c1. The molecular weight excluding hydrogens is 255 g/mol. The molecule has 0 saturated heterocycles. The van der Waals surface area contributed by atoms with Crippen molar-refractivity contribution in [1.82, 2.24) is 5.32 Å². The summed E-state index contributed by atoms with van der Waals surface area (Å²) in [4.78, 5) is 13.7. The number of carbonyl (C=O) groups is 1. The number of aliphatic carboxylic acids is 1. The van der Waals surface area contributed by atoms with Crippen molar-refractivity contribution in [3.63, 3.8) is 0 Å². The maximum atomic E-state index is 13.1. The lowest BCUT2D eigenvalue weighted by atomic mass is 10.1. The molecule has 0 aliphatic carbocycles. The van der Waals surface area contributed by atoms with Gasteiger partial charge >= 0.3 is 5.97 Å². The zero-order valence-electron chi connectivity index (χ0n) is 9.95. The fourth-order valence-electron chi connectivity index (χ4n) is 1.55. The number of azide groups is 1. The highest BCUT2D eigenvalue weighted by atomic mass is 19.1. The zero-order valence-corrected chi connectivity index (χ0v) is 9.95. The minimum atomic E-state index is -1.19. The van der Waals surface area contributed by atoms with Crippen molar-refractivity contribution in [2.24, 2.45) is 5.11 Å². The van der Waals surface area contributed by atoms with Gasteiger partial charge in [0.05, 0.1) is 0 Å². The Balaban J connectivity index is 2.71. The average molecular weight is 268 g/mol. The minimum absolute atomic E-state index is 0.119. The second-order valence-electron chi connectivity index (χ2n) is 3.78. The number of phenols is 1. The molecule has 7 nitrogen and oxygen atoms in total. The van der Waals surface area contributed by atoms with Crippen LogP contribution in [0.3, 0.4) is 0 Å². The summed E-state index contributed by atoms with van der Waals surface area (Å²) in [5.74, 6) is -2.23. The summed E-state index contributed by atoms with van der Waals surface area (Å²) in [5.41, 5.74) is 8.20. The smallest absolute Gasteiger partial charge is 0.325 e. The van der Waals surface area contributed by atoms with Crippen LogP contribution in [-0.4, -0.2) is 29.3 Å². The van der Waals surface area contributed by atoms with Crippen LogP contribution in [0.1, 0.15) is 18.0 Å². The van der Waals surface area contributed by atoms with Crippen molar-refractivity contribution in [3.8, 4) is 5.75 Å². The Labute approximate surface area is 108 Å². The molecule has 0 aliphatic rings. The largest absolute Gasteiger partial charge is 0.508 e. The van der Waals surface area contributed by atoms with E-state index in [-0.39, 0.29) is 24.4 Å². The zero-order chi connectivity index (χ0) is 14.3. The van der Waals surface area contributed by atoms with Crippen LogP contribution in [0.5, 0.6) is 5.75 Å². The van der Waals surface area contributed by atoms with Gasteiger partial charge in [0.1, 0.15) is 17.6 Å². The van der Waals surface area contributed by atoms with Gasteiger partial charge in [0.2, 0.25) is 0 Å². The Hall–Kier alpha value is -2.31. The lowest BCUT2D eigenvalue weighted by molar-refractivity contribution is -0.139. The molecule has 0 aromatic heterocycles. The number of halogens is 1. The highest BCUT2D eigenvalue weighted by molar-refractivity contribution is 5.75. The third kappa shape index (κ3) is 4.82. The van der Waals surface area contributed by atoms with E-state index in [0.29, 0.717) is 6.42 Å². The van der Waals surface area contributed by atoms with Crippen molar-refractivity contribution in [2.45, 2.75) is 12.5 Å². The first-order chi connectivity index (χ1) is 9.04. The third-order valence-electron chi connectivity index (χ3n) is 2.33. The normalized spacial score (nSPS) is 11.6. The van der Waals surface area contributed by atoms with Gasteiger partial charge in [-0.1, -0.05) is 5.11 Å². The van der Waals surface area contributed by atoms with Crippen LogP contribution in [0.2, 0.25) is 0 Å². The Morgan fingerprint density at radius 3 is 2.84 bits per heavy atom. The monoisotopic (exact) mass is 268 g/mol. The van der Waals surface area contributed by atoms with Crippen molar-refractivity contribution in [1.29, 1.82) is 0 Å². The third-order valence-corrected chi connectivity index (χ3v) is 2.33. The second kappa shape index (κ2) is 7.20. The number of benzene rings is 1. The molecule has 102 valence electrons. The van der Waals surface area contributed by atoms with E-state index >= 15 is 0 Å². The van der Waals surface area contributed by atoms with E-state index < -0.39 is 17.8 Å². The van der Waals surface area contributed by atoms with E-state index in [2.05, 4.69) is 15.3 Å². The number of nitrogens with one attached hydrogen (secondary N) is 1. The van der Waals surface area contributed by atoms with Crippen LogP contribution >= 0.6 is 0 Å². The maximum Gasteiger partial charge on any atom is 0.325 e. The summed E-state index contributed by atoms with van der Waals surface area (Å²) < 4.78 is 13.1. The molecule has 1 unspecified atom stereocenters. The average Bonchev–Trinajstić information content (AvgIpc) is 2.31. The molecule has 1 aromatic carbocycles. The topological polar surface area (TPSA) is 118 Å². The van der Waals surface area contributed by atoms with Crippen LogP contribution in [0, 0.1) is 5.82 Å². The number of hydrogen-bond acceptors (Lipinski definition) is 4. The summed E-state index contributed by atoms with van der Waals surface area (Å²) in [6.45, 7) is 0.525. The Morgan fingerprint density at radius 1 is 1.53 bits per heavy atom. The molecule has 1 atom stereocenters. The number of nitrogens with zero attached hydrogens (tertiary/aromatic N) is 3. The molecule has 1 aromatic rings. The Morgan fingerprint density at radius 2 is 2.26 bits per heavy atom. The van der Waals surface area contributed by atoms with E-state index in [1.54, 1.807) is 0 Å². The van der Waals surface area contributed by atoms with Crippen LogP contribution in [0.4, 0.5) is 4.39 Å². The van der Waals surface area contributed by atoms with Crippen LogP contribution in [0.15, 0.2) is 23.3 Å². The molecule has 0 amide bonds. The van der Waals surface area contributed by atoms with E-state index in [9.17, 15) is 14.3 Å². The van der Waals surface area contributed by atoms with Gasteiger partial charge < -0.3 is 15.5 Å².